The molecule has 1 heterocycles. The number of benzene rings is 1. The molecule has 1 aliphatic heterocycles. The standard InChI is InChI=1S/C19H29NO2/c1-14(2)18-12-16(22-4)7-8-17(18)19(21)9-11-20-10-5-6-15(3)13-20/h7-8,12,14-15H,5-6,9-11,13H2,1-4H3. The lowest BCUT2D eigenvalue weighted by Gasteiger charge is -2.30. The first-order valence-electron chi connectivity index (χ1n) is 8.44. The summed E-state index contributed by atoms with van der Waals surface area (Å²) in [7, 11) is 1.67. The molecule has 2 rings (SSSR count). The van der Waals surface area contributed by atoms with Crippen LogP contribution in [0.2, 0.25) is 0 Å². The average Bonchev–Trinajstić information content (AvgIpc) is 2.52. The second kappa shape index (κ2) is 7.77. The molecule has 3 nitrogen and oxygen atoms in total. The van der Waals surface area contributed by atoms with E-state index in [2.05, 4.69) is 25.7 Å². The molecule has 1 saturated heterocycles. The van der Waals surface area contributed by atoms with E-state index in [1.807, 2.05) is 18.2 Å². The Bertz CT molecular complexity index is 510. The number of ether oxygens (including phenoxy) is 1. The van der Waals surface area contributed by atoms with Crippen molar-refractivity contribution in [1.29, 1.82) is 0 Å². The third-order valence-electron chi connectivity index (χ3n) is 4.58. The lowest BCUT2D eigenvalue weighted by molar-refractivity contribution is 0.0948. The smallest absolute Gasteiger partial charge is 0.164 e. The highest BCUT2D eigenvalue weighted by molar-refractivity contribution is 5.98. The van der Waals surface area contributed by atoms with Crippen LogP contribution in [-0.4, -0.2) is 37.4 Å². The van der Waals surface area contributed by atoms with Gasteiger partial charge in [-0.05, 0) is 55.0 Å². The minimum atomic E-state index is 0.254. The quantitative estimate of drug-likeness (QED) is 0.740. The molecule has 0 amide bonds. The number of Topliss-reactive ketones (excluding diaryl/α,β-unsaturated/α-hetero) is 1. The largest absolute Gasteiger partial charge is 0.497 e. The summed E-state index contributed by atoms with van der Waals surface area (Å²) in [5.41, 5.74) is 1.96. The monoisotopic (exact) mass is 303 g/mol. The molecule has 0 aromatic heterocycles. The maximum Gasteiger partial charge on any atom is 0.164 e. The van der Waals surface area contributed by atoms with Crippen LogP contribution in [-0.2, 0) is 0 Å². The Morgan fingerprint density at radius 3 is 2.82 bits per heavy atom. The zero-order valence-electron chi connectivity index (χ0n) is 14.4. The van der Waals surface area contributed by atoms with Gasteiger partial charge < -0.3 is 9.64 Å². The number of nitrogens with zero attached hydrogens (tertiary/aromatic N) is 1. The highest BCUT2D eigenvalue weighted by atomic mass is 16.5. The van der Waals surface area contributed by atoms with Gasteiger partial charge in [-0.1, -0.05) is 20.8 Å². The van der Waals surface area contributed by atoms with Crippen molar-refractivity contribution in [2.75, 3.05) is 26.7 Å². The van der Waals surface area contributed by atoms with Crippen LogP contribution in [0.25, 0.3) is 0 Å². The highest BCUT2D eigenvalue weighted by Crippen LogP contribution is 2.26. The summed E-state index contributed by atoms with van der Waals surface area (Å²) in [6, 6.07) is 5.82. The minimum absolute atomic E-state index is 0.254. The molecular formula is C19H29NO2. The van der Waals surface area contributed by atoms with Gasteiger partial charge in [-0.2, -0.15) is 0 Å². The number of likely N-dealkylation sites (tertiary alicyclic amines) is 1. The van der Waals surface area contributed by atoms with Crippen LogP contribution in [0.15, 0.2) is 18.2 Å². The molecule has 0 radical (unpaired) electrons. The van der Waals surface area contributed by atoms with Gasteiger partial charge in [0.15, 0.2) is 5.78 Å². The Labute approximate surface area is 134 Å². The zero-order valence-corrected chi connectivity index (χ0v) is 14.4. The molecule has 22 heavy (non-hydrogen) atoms. The lowest BCUT2D eigenvalue weighted by Crippen LogP contribution is -2.35. The molecule has 1 atom stereocenters. The van der Waals surface area contributed by atoms with Crippen molar-refractivity contribution in [3.8, 4) is 5.75 Å². The maximum absolute atomic E-state index is 12.6. The molecule has 0 bridgehead atoms. The van der Waals surface area contributed by atoms with E-state index in [-0.39, 0.29) is 5.78 Å². The predicted octanol–water partition coefficient (Wildman–Crippen LogP) is 4.12. The molecule has 0 spiro atoms. The van der Waals surface area contributed by atoms with Gasteiger partial charge in [-0.25, -0.2) is 0 Å². The summed E-state index contributed by atoms with van der Waals surface area (Å²) in [5, 5.41) is 0. The van der Waals surface area contributed by atoms with E-state index >= 15 is 0 Å². The first kappa shape index (κ1) is 17.0. The first-order valence-corrected chi connectivity index (χ1v) is 8.44. The van der Waals surface area contributed by atoms with Crippen LogP contribution in [0.5, 0.6) is 5.75 Å². The van der Waals surface area contributed by atoms with E-state index in [1.54, 1.807) is 7.11 Å². The number of carbonyl (C=O) groups excluding carboxylic acids is 1. The summed E-state index contributed by atoms with van der Waals surface area (Å²) >= 11 is 0. The summed E-state index contributed by atoms with van der Waals surface area (Å²) in [4.78, 5) is 15.1. The fourth-order valence-electron chi connectivity index (χ4n) is 3.28. The molecule has 3 heteroatoms. The van der Waals surface area contributed by atoms with Gasteiger partial charge in [0, 0.05) is 25.1 Å². The minimum Gasteiger partial charge on any atom is -0.497 e. The highest BCUT2D eigenvalue weighted by Gasteiger charge is 2.19. The van der Waals surface area contributed by atoms with Crippen LogP contribution < -0.4 is 4.74 Å². The van der Waals surface area contributed by atoms with E-state index in [9.17, 15) is 4.79 Å². The number of piperidine rings is 1. The molecule has 122 valence electrons. The predicted molar refractivity (Wildman–Crippen MR) is 90.9 cm³/mol. The number of carbonyl (C=O) groups is 1. The molecule has 0 aliphatic carbocycles. The lowest BCUT2D eigenvalue weighted by atomic mass is 9.93. The van der Waals surface area contributed by atoms with Crippen molar-refractivity contribution in [3.63, 3.8) is 0 Å². The Morgan fingerprint density at radius 1 is 1.41 bits per heavy atom. The van der Waals surface area contributed by atoms with Crippen molar-refractivity contribution < 1.29 is 9.53 Å². The molecule has 1 fully saturated rings. The Kier molecular flexibility index (Phi) is 6.01. The van der Waals surface area contributed by atoms with Crippen molar-refractivity contribution in [2.24, 2.45) is 5.92 Å². The SMILES string of the molecule is COc1ccc(C(=O)CCN2CCCC(C)C2)c(C(C)C)c1. The van der Waals surface area contributed by atoms with E-state index < -0.39 is 0 Å². The zero-order chi connectivity index (χ0) is 16.1. The van der Waals surface area contributed by atoms with Gasteiger partial charge >= 0.3 is 0 Å². The maximum atomic E-state index is 12.6. The number of ketones is 1. The van der Waals surface area contributed by atoms with Crippen LogP contribution in [0, 0.1) is 5.92 Å². The van der Waals surface area contributed by atoms with Crippen LogP contribution in [0.1, 0.15) is 61.9 Å². The van der Waals surface area contributed by atoms with Crippen LogP contribution in [0.3, 0.4) is 0 Å². The van der Waals surface area contributed by atoms with Gasteiger partial charge in [0.1, 0.15) is 5.75 Å². The number of hydrogen-bond donors (Lipinski definition) is 0. The molecular weight excluding hydrogens is 274 g/mol. The van der Waals surface area contributed by atoms with Crippen molar-refractivity contribution in [3.05, 3.63) is 29.3 Å². The third kappa shape index (κ3) is 4.33. The van der Waals surface area contributed by atoms with Crippen molar-refractivity contribution in [1.82, 2.24) is 4.90 Å². The molecule has 1 aromatic carbocycles. The van der Waals surface area contributed by atoms with E-state index in [4.69, 9.17) is 4.74 Å². The Morgan fingerprint density at radius 2 is 2.18 bits per heavy atom. The van der Waals surface area contributed by atoms with E-state index in [0.29, 0.717) is 12.3 Å². The number of hydrogen-bond acceptors (Lipinski definition) is 3. The van der Waals surface area contributed by atoms with Gasteiger partial charge in [0.05, 0.1) is 7.11 Å². The molecule has 1 aromatic rings. The summed E-state index contributed by atoms with van der Waals surface area (Å²) in [6.07, 6.45) is 3.19. The van der Waals surface area contributed by atoms with Crippen molar-refractivity contribution >= 4 is 5.78 Å². The first-order chi connectivity index (χ1) is 10.5. The summed E-state index contributed by atoms with van der Waals surface area (Å²) in [5.74, 6) is 2.16. The summed E-state index contributed by atoms with van der Waals surface area (Å²) < 4.78 is 5.29. The van der Waals surface area contributed by atoms with Gasteiger partial charge in [-0.15, -0.1) is 0 Å². The summed E-state index contributed by atoms with van der Waals surface area (Å²) in [6.45, 7) is 9.70. The normalized spacial score (nSPS) is 19.4. The average molecular weight is 303 g/mol. The van der Waals surface area contributed by atoms with E-state index in [1.165, 1.54) is 12.8 Å². The number of methoxy groups -OCH3 is 1. The topological polar surface area (TPSA) is 29.5 Å². The van der Waals surface area contributed by atoms with E-state index in [0.717, 1.165) is 42.4 Å². The fraction of sp³-hybridized carbons (Fsp3) is 0.632. The van der Waals surface area contributed by atoms with Crippen LogP contribution >= 0.6 is 0 Å². The molecule has 1 unspecified atom stereocenters. The van der Waals surface area contributed by atoms with Crippen LogP contribution in [0.4, 0.5) is 0 Å². The second-order valence-electron chi connectivity index (χ2n) is 6.83. The van der Waals surface area contributed by atoms with Gasteiger partial charge in [0.25, 0.3) is 0 Å². The second-order valence-corrected chi connectivity index (χ2v) is 6.83. The molecule has 1 aliphatic rings. The molecule has 0 N–H and O–H groups in total. The Balaban J connectivity index is 2.02. The number of rotatable bonds is 6. The van der Waals surface area contributed by atoms with Gasteiger partial charge in [0.2, 0.25) is 0 Å². The Hall–Kier alpha value is -1.35. The molecule has 0 saturated carbocycles. The van der Waals surface area contributed by atoms with Crippen molar-refractivity contribution in [2.45, 2.75) is 46.0 Å². The fourth-order valence-corrected chi connectivity index (χ4v) is 3.28. The third-order valence-corrected chi connectivity index (χ3v) is 4.58. The van der Waals surface area contributed by atoms with Gasteiger partial charge in [-0.3, -0.25) is 4.79 Å².